The largest absolute Gasteiger partial charge is 0.411 e. The Morgan fingerprint density at radius 3 is 3.11 bits per heavy atom. The van der Waals surface area contributed by atoms with Crippen LogP contribution in [0.4, 0.5) is 0 Å². The lowest BCUT2D eigenvalue weighted by molar-refractivity contribution is 0.0670. The third kappa shape index (κ3) is 4.26. The third-order valence-electron chi connectivity index (χ3n) is 7.06. The summed E-state index contributed by atoms with van der Waals surface area (Å²) in [6, 6.07) is 3.35. The first-order chi connectivity index (χ1) is 18.1. The lowest BCUT2D eigenvalue weighted by Crippen LogP contribution is -2.43. The lowest BCUT2D eigenvalue weighted by atomic mass is 9.94. The zero-order chi connectivity index (χ0) is 25.4. The number of fused-ring (bicyclic) bond motifs is 4. The number of hydrogen-bond donors (Lipinski definition) is 1. The quantitative estimate of drug-likeness (QED) is 0.528. The molecular weight excluding hydrogens is 466 g/mol. The van der Waals surface area contributed by atoms with Crippen molar-refractivity contribution in [1.82, 2.24) is 30.0 Å². The van der Waals surface area contributed by atoms with Crippen LogP contribution in [-0.4, -0.2) is 54.3 Å². The van der Waals surface area contributed by atoms with Crippen molar-refractivity contribution in [2.75, 3.05) is 6.54 Å². The van der Waals surface area contributed by atoms with Crippen LogP contribution in [0.3, 0.4) is 0 Å². The number of pyridine rings is 1. The van der Waals surface area contributed by atoms with E-state index in [2.05, 4.69) is 63.0 Å². The van der Waals surface area contributed by atoms with Crippen molar-refractivity contribution in [2.24, 2.45) is 4.99 Å². The van der Waals surface area contributed by atoms with E-state index in [4.69, 9.17) is 9.41 Å². The van der Waals surface area contributed by atoms with Crippen LogP contribution in [0.5, 0.6) is 0 Å². The fourth-order valence-electron chi connectivity index (χ4n) is 5.16. The van der Waals surface area contributed by atoms with Crippen LogP contribution in [0.25, 0.3) is 11.6 Å². The van der Waals surface area contributed by atoms with Gasteiger partial charge >= 0.3 is 11.8 Å². The van der Waals surface area contributed by atoms with Crippen LogP contribution < -0.4 is 0 Å². The molecule has 1 aliphatic carbocycles. The van der Waals surface area contributed by atoms with Crippen molar-refractivity contribution in [3.05, 3.63) is 95.6 Å². The van der Waals surface area contributed by atoms with Gasteiger partial charge in [0.2, 0.25) is 0 Å². The minimum atomic E-state index is -0.459. The summed E-state index contributed by atoms with van der Waals surface area (Å²) in [7, 11) is 0. The van der Waals surface area contributed by atoms with Crippen LogP contribution in [0, 0.1) is 0 Å². The molecule has 3 aliphatic rings. The Labute approximate surface area is 214 Å². The summed E-state index contributed by atoms with van der Waals surface area (Å²) in [5.41, 5.74) is 6.51. The number of rotatable bonds is 5. The number of carbonyl (C=O) groups is 1. The number of aromatic amines is 1. The van der Waals surface area contributed by atoms with E-state index in [1.807, 2.05) is 12.1 Å². The fourth-order valence-corrected chi connectivity index (χ4v) is 5.16. The van der Waals surface area contributed by atoms with E-state index >= 15 is 0 Å². The van der Waals surface area contributed by atoms with E-state index in [-0.39, 0.29) is 23.7 Å². The molecule has 9 nitrogen and oxygen atoms in total. The second kappa shape index (κ2) is 9.57. The predicted octanol–water partition coefficient (Wildman–Crippen LogP) is 4.37. The summed E-state index contributed by atoms with van der Waals surface area (Å²) in [6.45, 7) is 6.39. The Morgan fingerprint density at radius 1 is 1.30 bits per heavy atom. The van der Waals surface area contributed by atoms with Gasteiger partial charge in [0.15, 0.2) is 0 Å². The molecule has 37 heavy (non-hydrogen) atoms. The van der Waals surface area contributed by atoms with Gasteiger partial charge in [0.05, 0.1) is 23.8 Å². The number of aromatic nitrogens is 5. The normalized spacial score (nSPS) is 23.1. The second-order valence-electron chi connectivity index (χ2n) is 9.40. The zero-order valence-electron chi connectivity index (χ0n) is 20.6. The molecule has 0 fully saturated rings. The Kier molecular flexibility index (Phi) is 5.96. The Balaban J connectivity index is 1.39. The van der Waals surface area contributed by atoms with Gasteiger partial charge in [0, 0.05) is 24.9 Å². The number of aliphatic imine (C=N–C) groups is 1. The molecular formula is C28H27N7O2. The summed E-state index contributed by atoms with van der Waals surface area (Å²) in [5, 5.41) is 8.28. The molecule has 1 unspecified atom stereocenters. The number of H-pyrrole nitrogens is 1. The van der Waals surface area contributed by atoms with Crippen LogP contribution in [0.15, 0.2) is 82.2 Å². The molecule has 3 aromatic rings. The number of imidazole rings is 1. The molecule has 0 saturated carbocycles. The van der Waals surface area contributed by atoms with E-state index in [1.165, 1.54) is 11.1 Å². The molecule has 2 bridgehead atoms. The van der Waals surface area contributed by atoms with Crippen molar-refractivity contribution >= 4 is 11.6 Å². The van der Waals surface area contributed by atoms with Crippen molar-refractivity contribution in [3.8, 4) is 11.6 Å². The molecule has 186 valence electrons. The Bertz CT molecular complexity index is 1490. The molecule has 2 atom stereocenters. The van der Waals surface area contributed by atoms with Crippen LogP contribution in [-0.2, 0) is 12.8 Å². The lowest BCUT2D eigenvalue weighted by Gasteiger charge is -2.34. The van der Waals surface area contributed by atoms with Gasteiger partial charge < -0.3 is 14.3 Å². The highest BCUT2D eigenvalue weighted by molar-refractivity contribution is 6.04. The molecule has 5 heterocycles. The molecule has 0 spiro atoms. The standard InChI is InChI=1S/C28H27N7O2/c1-3-6-18-8-5-13-29-23(18)26-33-34-27(37-26)28(36)35-14-12-21-24(31-16-30-21)25(35)22-15-19-10-11-20(32-22)9-4-7-17(19)2/h3-5,7-9,13,15-16,20,25H,1,6,10-12,14H2,2H3,(H,30,31)/b9-4-,17-7-/t20?,25-/m1/s1. The predicted molar refractivity (Wildman–Crippen MR) is 139 cm³/mol. The smallest absolute Gasteiger partial charge is 0.312 e. The van der Waals surface area contributed by atoms with Gasteiger partial charge in [-0.05, 0) is 55.0 Å². The van der Waals surface area contributed by atoms with E-state index < -0.39 is 6.04 Å². The number of hydrogen-bond acceptors (Lipinski definition) is 7. The molecule has 1 amide bonds. The second-order valence-corrected chi connectivity index (χ2v) is 9.40. The van der Waals surface area contributed by atoms with Gasteiger partial charge in [-0.2, -0.15) is 0 Å². The van der Waals surface area contributed by atoms with Crippen LogP contribution in [0.2, 0.25) is 0 Å². The molecule has 0 radical (unpaired) electrons. The van der Waals surface area contributed by atoms with Gasteiger partial charge in [0.25, 0.3) is 5.89 Å². The van der Waals surface area contributed by atoms with Crippen LogP contribution >= 0.6 is 0 Å². The van der Waals surface area contributed by atoms with Crippen LogP contribution in [0.1, 0.15) is 53.4 Å². The van der Waals surface area contributed by atoms with E-state index in [0.717, 1.165) is 35.5 Å². The van der Waals surface area contributed by atoms with Gasteiger partial charge in [0.1, 0.15) is 11.7 Å². The van der Waals surface area contributed by atoms with Gasteiger partial charge in [-0.1, -0.05) is 30.4 Å². The average Bonchev–Trinajstić information content (AvgIpc) is 3.55. The molecule has 1 N–H and O–H groups in total. The molecule has 0 saturated heterocycles. The third-order valence-corrected chi connectivity index (χ3v) is 7.06. The summed E-state index contributed by atoms with van der Waals surface area (Å²) in [4.78, 5) is 33.0. The SMILES string of the molecule is C=CCc1cccnc1-c1nnc(C(=O)N2CCc3[nH]cnc3[C@H]2C2=NC3/C=C\C=C(\C)C(=C2)CC3)o1. The van der Waals surface area contributed by atoms with E-state index in [1.54, 1.807) is 23.5 Å². The first kappa shape index (κ1) is 23.0. The Hall–Kier alpha value is -4.40. The number of amides is 1. The maximum absolute atomic E-state index is 13.9. The van der Waals surface area contributed by atoms with Crippen molar-refractivity contribution in [1.29, 1.82) is 0 Å². The minimum Gasteiger partial charge on any atom is -0.411 e. The fraction of sp³-hybridized carbons (Fsp3) is 0.286. The van der Waals surface area contributed by atoms with Crippen molar-refractivity contribution < 1.29 is 9.21 Å². The number of allylic oxidation sites excluding steroid dienone is 5. The van der Waals surface area contributed by atoms with Crippen molar-refractivity contribution in [2.45, 2.75) is 44.7 Å². The average molecular weight is 494 g/mol. The molecule has 0 aromatic carbocycles. The van der Waals surface area contributed by atoms with Gasteiger partial charge in [-0.15, -0.1) is 16.8 Å². The maximum Gasteiger partial charge on any atom is 0.312 e. The van der Waals surface area contributed by atoms with Crippen molar-refractivity contribution in [3.63, 3.8) is 0 Å². The summed E-state index contributed by atoms with van der Waals surface area (Å²) >= 11 is 0. The highest BCUT2D eigenvalue weighted by Crippen LogP contribution is 2.35. The summed E-state index contributed by atoms with van der Waals surface area (Å²) < 4.78 is 5.90. The number of carbonyl (C=O) groups excluding carboxylic acids is 1. The topological polar surface area (TPSA) is 113 Å². The Morgan fingerprint density at radius 2 is 2.22 bits per heavy atom. The number of nitrogens with one attached hydrogen (secondary N) is 1. The molecule has 6 rings (SSSR count). The highest BCUT2D eigenvalue weighted by Gasteiger charge is 2.39. The van der Waals surface area contributed by atoms with E-state index in [9.17, 15) is 4.79 Å². The summed E-state index contributed by atoms with van der Waals surface area (Å²) in [5.74, 6) is -0.222. The highest BCUT2D eigenvalue weighted by atomic mass is 16.4. The first-order valence-electron chi connectivity index (χ1n) is 12.5. The molecule has 3 aromatic heterocycles. The minimum absolute atomic E-state index is 0.0387. The van der Waals surface area contributed by atoms with Gasteiger partial charge in [-0.25, -0.2) is 4.98 Å². The van der Waals surface area contributed by atoms with E-state index in [0.29, 0.717) is 25.1 Å². The van der Waals surface area contributed by atoms with Gasteiger partial charge in [-0.3, -0.25) is 14.8 Å². The zero-order valence-corrected chi connectivity index (χ0v) is 20.6. The maximum atomic E-state index is 13.9. The summed E-state index contributed by atoms with van der Waals surface area (Å²) in [6.07, 6.45) is 16.7. The molecule has 2 aliphatic heterocycles. The monoisotopic (exact) mass is 493 g/mol. The molecule has 9 heteroatoms. The number of nitrogens with zero attached hydrogens (tertiary/aromatic N) is 6. The first-order valence-corrected chi connectivity index (χ1v) is 12.5.